The minimum atomic E-state index is -3.75. The van der Waals surface area contributed by atoms with E-state index in [0.717, 1.165) is 22.9 Å². The van der Waals surface area contributed by atoms with E-state index in [1.54, 1.807) is 6.07 Å². The second-order valence-electron chi connectivity index (χ2n) is 6.48. The number of ether oxygens (including phenoxy) is 1. The molecule has 1 aliphatic carbocycles. The molecule has 1 aliphatic rings. The van der Waals surface area contributed by atoms with Gasteiger partial charge in [-0.15, -0.1) is 0 Å². The van der Waals surface area contributed by atoms with Gasteiger partial charge >= 0.3 is 0 Å². The predicted octanol–water partition coefficient (Wildman–Crippen LogP) is 3.39. The molecule has 2 aromatic rings. The van der Waals surface area contributed by atoms with E-state index in [9.17, 15) is 13.2 Å². The van der Waals surface area contributed by atoms with Crippen LogP contribution in [0.5, 0.6) is 5.75 Å². The molecule has 0 aromatic heterocycles. The first-order chi connectivity index (χ1) is 12.8. The summed E-state index contributed by atoms with van der Waals surface area (Å²) in [5.41, 5.74) is 1.19. The lowest BCUT2D eigenvalue weighted by atomic mass is 10.1. The monoisotopic (exact) mass is 452 g/mol. The van der Waals surface area contributed by atoms with Crippen LogP contribution in [0.25, 0.3) is 0 Å². The zero-order valence-corrected chi connectivity index (χ0v) is 17.4. The maximum absolute atomic E-state index is 12.7. The lowest BCUT2D eigenvalue weighted by Gasteiger charge is -2.17. The van der Waals surface area contributed by atoms with Crippen LogP contribution in [0.3, 0.4) is 0 Å². The molecule has 0 heterocycles. The summed E-state index contributed by atoms with van der Waals surface area (Å²) in [5.74, 6) is -0.151. The summed E-state index contributed by atoms with van der Waals surface area (Å²) >= 11 is 3.47. The van der Waals surface area contributed by atoms with Crippen LogP contribution in [-0.2, 0) is 10.0 Å². The zero-order valence-electron chi connectivity index (χ0n) is 15.0. The molecule has 1 atom stereocenters. The fourth-order valence-electron chi connectivity index (χ4n) is 2.70. The summed E-state index contributed by atoms with van der Waals surface area (Å²) < 4.78 is 33.9. The fraction of sp³-hybridized carbons (Fsp3) is 0.316. The number of carbonyl (C=O) groups is 1. The summed E-state index contributed by atoms with van der Waals surface area (Å²) in [6, 6.07) is 11.7. The molecule has 0 saturated heterocycles. The number of sulfonamides is 1. The van der Waals surface area contributed by atoms with Crippen molar-refractivity contribution in [1.82, 2.24) is 10.0 Å². The summed E-state index contributed by atoms with van der Waals surface area (Å²) in [5, 5.41) is 2.90. The van der Waals surface area contributed by atoms with Gasteiger partial charge < -0.3 is 10.1 Å². The average Bonchev–Trinajstić information content (AvgIpc) is 3.44. The Hall–Kier alpha value is -1.90. The third-order valence-corrected chi connectivity index (χ3v) is 6.60. The summed E-state index contributed by atoms with van der Waals surface area (Å²) in [6.07, 6.45) is 1.65. The van der Waals surface area contributed by atoms with Crippen molar-refractivity contribution in [2.75, 3.05) is 7.11 Å². The van der Waals surface area contributed by atoms with Crippen LogP contribution in [0.2, 0.25) is 0 Å². The van der Waals surface area contributed by atoms with Crippen molar-refractivity contribution < 1.29 is 17.9 Å². The quantitative estimate of drug-likeness (QED) is 0.673. The number of benzene rings is 2. The molecule has 6 nitrogen and oxygen atoms in total. The van der Waals surface area contributed by atoms with Crippen LogP contribution in [-0.4, -0.2) is 27.5 Å². The topological polar surface area (TPSA) is 84.5 Å². The highest BCUT2D eigenvalue weighted by atomic mass is 79.9. The van der Waals surface area contributed by atoms with E-state index in [2.05, 4.69) is 26.0 Å². The smallest absolute Gasteiger partial charge is 0.251 e. The first-order valence-corrected chi connectivity index (χ1v) is 10.8. The molecule has 27 heavy (non-hydrogen) atoms. The first-order valence-electron chi connectivity index (χ1n) is 8.57. The van der Waals surface area contributed by atoms with Crippen LogP contribution in [0, 0.1) is 0 Å². The molecule has 1 amide bonds. The molecule has 0 aliphatic heterocycles. The SMILES string of the molecule is COc1ccc(C(=O)NC(C)c2ccccc2Br)cc1S(=O)(=O)NC1CC1. The number of amides is 1. The Morgan fingerprint density at radius 3 is 2.56 bits per heavy atom. The number of hydrogen-bond acceptors (Lipinski definition) is 4. The summed E-state index contributed by atoms with van der Waals surface area (Å²) in [6.45, 7) is 1.87. The van der Waals surface area contributed by atoms with E-state index in [0.29, 0.717) is 0 Å². The van der Waals surface area contributed by atoms with Gasteiger partial charge in [0, 0.05) is 16.1 Å². The van der Waals surface area contributed by atoms with Gasteiger partial charge in [-0.1, -0.05) is 34.1 Å². The molecule has 0 bridgehead atoms. The van der Waals surface area contributed by atoms with Crippen molar-refractivity contribution in [2.24, 2.45) is 0 Å². The molecular weight excluding hydrogens is 432 g/mol. The number of rotatable bonds is 7. The van der Waals surface area contributed by atoms with E-state index in [1.165, 1.54) is 19.2 Å². The normalized spacial score (nSPS) is 15.2. The second kappa shape index (κ2) is 8.00. The highest BCUT2D eigenvalue weighted by Gasteiger charge is 2.30. The number of halogens is 1. The second-order valence-corrected chi connectivity index (χ2v) is 9.01. The van der Waals surface area contributed by atoms with Gasteiger partial charge in [-0.2, -0.15) is 0 Å². The first kappa shape index (κ1) is 19.9. The van der Waals surface area contributed by atoms with Crippen LogP contribution in [0.15, 0.2) is 51.8 Å². The van der Waals surface area contributed by atoms with Gasteiger partial charge in [-0.3, -0.25) is 4.79 Å². The van der Waals surface area contributed by atoms with E-state index in [-0.39, 0.29) is 34.2 Å². The van der Waals surface area contributed by atoms with Crippen molar-refractivity contribution in [3.05, 3.63) is 58.1 Å². The number of hydrogen-bond donors (Lipinski definition) is 2. The zero-order chi connectivity index (χ0) is 19.6. The number of nitrogens with one attached hydrogen (secondary N) is 2. The Morgan fingerprint density at radius 2 is 1.93 bits per heavy atom. The van der Waals surface area contributed by atoms with Crippen molar-refractivity contribution in [2.45, 2.75) is 36.7 Å². The van der Waals surface area contributed by atoms with Crippen molar-refractivity contribution >= 4 is 31.9 Å². The van der Waals surface area contributed by atoms with Gasteiger partial charge in [0.05, 0.1) is 13.2 Å². The highest BCUT2D eigenvalue weighted by molar-refractivity contribution is 9.10. The van der Waals surface area contributed by atoms with Crippen LogP contribution in [0.1, 0.15) is 41.7 Å². The lowest BCUT2D eigenvalue weighted by molar-refractivity contribution is 0.0939. The van der Waals surface area contributed by atoms with Crippen LogP contribution in [0.4, 0.5) is 0 Å². The van der Waals surface area contributed by atoms with Crippen LogP contribution >= 0.6 is 15.9 Å². The third-order valence-electron chi connectivity index (χ3n) is 4.33. The van der Waals surface area contributed by atoms with Gasteiger partial charge in [-0.25, -0.2) is 13.1 Å². The molecule has 0 radical (unpaired) electrons. The predicted molar refractivity (Wildman–Crippen MR) is 106 cm³/mol. The Kier molecular flexibility index (Phi) is 5.88. The van der Waals surface area contributed by atoms with Crippen LogP contribution < -0.4 is 14.8 Å². The maximum Gasteiger partial charge on any atom is 0.251 e. The van der Waals surface area contributed by atoms with Crippen molar-refractivity contribution in [3.8, 4) is 5.75 Å². The number of methoxy groups -OCH3 is 1. The minimum absolute atomic E-state index is 0.0295. The molecular formula is C19H21BrN2O4S. The van der Waals surface area contributed by atoms with Gasteiger partial charge in [0.25, 0.3) is 5.91 Å². The Balaban J connectivity index is 1.85. The Morgan fingerprint density at radius 1 is 1.22 bits per heavy atom. The van der Waals surface area contributed by atoms with Gasteiger partial charge in [0.1, 0.15) is 10.6 Å². The van der Waals surface area contributed by atoms with E-state index in [4.69, 9.17) is 4.74 Å². The van der Waals surface area contributed by atoms with E-state index < -0.39 is 10.0 Å². The molecule has 144 valence electrons. The largest absolute Gasteiger partial charge is 0.495 e. The fourth-order valence-corrected chi connectivity index (χ4v) is 4.82. The molecule has 2 N–H and O–H groups in total. The number of carbonyl (C=O) groups excluding carboxylic acids is 1. The van der Waals surface area contributed by atoms with Gasteiger partial charge in [-0.05, 0) is 49.6 Å². The molecule has 2 aromatic carbocycles. The van der Waals surface area contributed by atoms with Gasteiger partial charge in [0.2, 0.25) is 10.0 Å². The Bertz CT molecular complexity index is 958. The van der Waals surface area contributed by atoms with Crippen molar-refractivity contribution in [3.63, 3.8) is 0 Å². The Labute approximate surface area is 167 Å². The molecule has 8 heteroatoms. The molecule has 1 fully saturated rings. The molecule has 0 spiro atoms. The van der Waals surface area contributed by atoms with E-state index in [1.807, 2.05) is 31.2 Å². The molecule has 1 saturated carbocycles. The van der Waals surface area contributed by atoms with E-state index >= 15 is 0 Å². The molecule has 1 unspecified atom stereocenters. The van der Waals surface area contributed by atoms with Gasteiger partial charge in [0.15, 0.2) is 0 Å². The average molecular weight is 453 g/mol. The highest BCUT2D eigenvalue weighted by Crippen LogP contribution is 2.29. The molecule has 3 rings (SSSR count). The summed E-state index contributed by atoms with van der Waals surface area (Å²) in [4.78, 5) is 12.6. The third kappa shape index (κ3) is 4.69. The standard InChI is InChI=1S/C19H21BrN2O4S/c1-12(15-5-3-4-6-16(15)20)21-19(23)13-7-10-17(26-2)18(11-13)27(24,25)22-14-8-9-14/h3-7,10-12,14,22H,8-9H2,1-2H3,(H,21,23). The maximum atomic E-state index is 12.7. The lowest BCUT2D eigenvalue weighted by Crippen LogP contribution is -2.28. The minimum Gasteiger partial charge on any atom is -0.495 e. The van der Waals surface area contributed by atoms with Crippen molar-refractivity contribution in [1.29, 1.82) is 0 Å². The summed E-state index contributed by atoms with van der Waals surface area (Å²) in [7, 11) is -2.34.